The molecule has 0 aliphatic carbocycles. The van der Waals surface area contributed by atoms with Crippen molar-refractivity contribution in [3.63, 3.8) is 0 Å². The van der Waals surface area contributed by atoms with Crippen molar-refractivity contribution in [3.05, 3.63) is 75.2 Å². The van der Waals surface area contributed by atoms with Crippen molar-refractivity contribution in [3.8, 4) is 5.69 Å². The van der Waals surface area contributed by atoms with Gasteiger partial charge in [0.05, 0.1) is 23.2 Å². The summed E-state index contributed by atoms with van der Waals surface area (Å²) in [5.74, 6) is -1.12. The summed E-state index contributed by atoms with van der Waals surface area (Å²) < 4.78 is 21.0. The largest absolute Gasteiger partial charge is 0.383 e. The summed E-state index contributed by atoms with van der Waals surface area (Å²) in [7, 11) is 1.51. The number of carbonyl (C=O) groups is 1. The molecule has 0 atom stereocenters. The molecule has 1 N–H and O–H groups in total. The minimum atomic E-state index is -0.786. The van der Waals surface area contributed by atoms with E-state index in [0.717, 1.165) is 15.2 Å². The fraction of sp³-hybridized carbons (Fsp3) is 0.211. The Kier molecular flexibility index (Phi) is 5.46. The highest BCUT2D eigenvalue weighted by atomic mass is 19.1. The van der Waals surface area contributed by atoms with Gasteiger partial charge in [0, 0.05) is 13.7 Å². The third-order valence-electron chi connectivity index (χ3n) is 4.07. The predicted molar refractivity (Wildman–Crippen MR) is 98.6 cm³/mol. The Bertz CT molecular complexity index is 1100. The summed E-state index contributed by atoms with van der Waals surface area (Å²) in [5, 5.41) is 2.84. The first-order chi connectivity index (χ1) is 13.0. The number of hydrogen-bond acceptors (Lipinski definition) is 4. The van der Waals surface area contributed by atoms with E-state index < -0.39 is 23.0 Å². The van der Waals surface area contributed by atoms with Gasteiger partial charge in [-0.05, 0) is 24.3 Å². The monoisotopic (exact) mass is 371 g/mol. The maximum atomic E-state index is 14.2. The predicted octanol–water partition coefficient (Wildman–Crippen LogP) is 1.05. The number of nitrogens with zero attached hydrogens (tertiary/aromatic N) is 2. The van der Waals surface area contributed by atoms with E-state index in [4.69, 9.17) is 4.74 Å². The number of fused-ring (bicyclic) bond motifs is 1. The van der Waals surface area contributed by atoms with Gasteiger partial charge in [-0.3, -0.25) is 14.2 Å². The number of para-hydroxylation sites is 2. The van der Waals surface area contributed by atoms with Gasteiger partial charge in [-0.15, -0.1) is 0 Å². The number of methoxy groups -OCH3 is 1. The molecule has 0 bridgehead atoms. The summed E-state index contributed by atoms with van der Waals surface area (Å²) in [6.07, 6.45) is 0. The van der Waals surface area contributed by atoms with Gasteiger partial charge in [0.25, 0.3) is 5.56 Å². The number of amides is 1. The molecule has 2 aromatic carbocycles. The van der Waals surface area contributed by atoms with Crippen molar-refractivity contribution < 1.29 is 13.9 Å². The van der Waals surface area contributed by atoms with Crippen LogP contribution in [0.5, 0.6) is 0 Å². The zero-order chi connectivity index (χ0) is 19.4. The zero-order valence-corrected chi connectivity index (χ0v) is 14.6. The Morgan fingerprint density at radius 1 is 1.11 bits per heavy atom. The fourth-order valence-corrected chi connectivity index (χ4v) is 2.81. The summed E-state index contributed by atoms with van der Waals surface area (Å²) in [5.41, 5.74) is -1.28. The van der Waals surface area contributed by atoms with E-state index in [2.05, 4.69) is 5.32 Å². The van der Waals surface area contributed by atoms with Gasteiger partial charge in [0.15, 0.2) is 0 Å². The molecule has 1 aromatic heterocycles. The van der Waals surface area contributed by atoms with Crippen molar-refractivity contribution in [2.75, 3.05) is 20.3 Å². The molecule has 0 saturated heterocycles. The van der Waals surface area contributed by atoms with Crippen molar-refractivity contribution in [1.29, 1.82) is 0 Å². The second-order valence-electron chi connectivity index (χ2n) is 5.82. The lowest BCUT2D eigenvalue weighted by molar-refractivity contribution is -0.121. The van der Waals surface area contributed by atoms with Crippen LogP contribution in [-0.4, -0.2) is 35.3 Å². The molecule has 0 saturated carbocycles. The Morgan fingerprint density at radius 3 is 2.56 bits per heavy atom. The van der Waals surface area contributed by atoms with Crippen molar-refractivity contribution in [2.24, 2.45) is 0 Å². The average molecular weight is 371 g/mol. The van der Waals surface area contributed by atoms with Crippen LogP contribution in [0.4, 0.5) is 4.39 Å². The Labute approximate surface area is 153 Å². The molecule has 0 spiro atoms. The maximum Gasteiger partial charge on any atom is 0.336 e. The summed E-state index contributed by atoms with van der Waals surface area (Å²) in [6.45, 7) is 0.308. The van der Waals surface area contributed by atoms with E-state index in [1.165, 1.54) is 31.4 Å². The van der Waals surface area contributed by atoms with Crippen molar-refractivity contribution in [1.82, 2.24) is 14.5 Å². The molecular formula is C19H18FN3O4. The summed E-state index contributed by atoms with van der Waals surface area (Å²) in [4.78, 5) is 38.0. The third-order valence-corrected chi connectivity index (χ3v) is 4.07. The quantitative estimate of drug-likeness (QED) is 0.657. The topological polar surface area (TPSA) is 82.3 Å². The lowest BCUT2D eigenvalue weighted by atomic mass is 10.2. The van der Waals surface area contributed by atoms with Crippen molar-refractivity contribution >= 4 is 16.8 Å². The lowest BCUT2D eigenvalue weighted by Crippen LogP contribution is -2.42. The number of benzene rings is 2. The molecule has 0 unspecified atom stereocenters. The highest BCUT2D eigenvalue weighted by Crippen LogP contribution is 2.12. The summed E-state index contributed by atoms with van der Waals surface area (Å²) >= 11 is 0. The first kappa shape index (κ1) is 18.5. The van der Waals surface area contributed by atoms with Crippen LogP contribution in [0.3, 0.4) is 0 Å². The van der Waals surface area contributed by atoms with Gasteiger partial charge in [-0.1, -0.05) is 24.3 Å². The Morgan fingerprint density at radius 2 is 1.81 bits per heavy atom. The molecule has 0 aliphatic rings. The SMILES string of the molecule is COCCNC(=O)Cn1c(=O)n(-c2ccccc2F)c(=O)c2ccccc21. The van der Waals surface area contributed by atoms with Gasteiger partial charge in [-0.2, -0.15) is 0 Å². The standard InChI is InChI=1S/C19H18FN3O4/c1-27-11-10-21-17(24)12-22-15-8-4-2-6-13(15)18(25)23(19(22)26)16-9-5-3-7-14(16)20/h2-9H,10-12H2,1H3,(H,21,24). The number of nitrogens with one attached hydrogen (secondary N) is 1. The average Bonchev–Trinajstić information content (AvgIpc) is 2.67. The molecular weight excluding hydrogens is 353 g/mol. The van der Waals surface area contributed by atoms with Gasteiger partial charge in [0.1, 0.15) is 12.4 Å². The van der Waals surface area contributed by atoms with E-state index in [1.54, 1.807) is 18.2 Å². The normalized spacial score (nSPS) is 10.9. The van der Waals surface area contributed by atoms with E-state index in [0.29, 0.717) is 12.1 Å². The Balaban J connectivity index is 2.19. The van der Waals surface area contributed by atoms with E-state index >= 15 is 0 Å². The number of ether oxygens (including phenoxy) is 1. The number of rotatable bonds is 6. The third kappa shape index (κ3) is 3.65. The van der Waals surface area contributed by atoms with E-state index in [9.17, 15) is 18.8 Å². The second kappa shape index (κ2) is 7.96. The second-order valence-corrected chi connectivity index (χ2v) is 5.82. The van der Waals surface area contributed by atoms with Gasteiger partial charge >= 0.3 is 5.69 Å². The molecule has 0 radical (unpaired) electrons. The number of halogens is 1. The van der Waals surface area contributed by atoms with E-state index in [-0.39, 0.29) is 24.2 Å². The lowest BCUT2D eigenvalue weighted by Gasteiger charge is -2.14. The van der Waals surface area contributed by atoms with Gasteiger partial charge < -0.3 is 10.1 Å². The van der Waals surface area contributed by atoms with Crippen LogP contribution in [0.1, 0.15) is 0 Å². The fourth-order valence-electron chi connectivity index (χ4n) is 2.81. The Hall–Kier alpha value is -3.26. The van der Waals surface area contributed by atoms with Crippen LogP contribution in [0.25, 0.3) is 16.6 Å². The molecule has 7 nitrogen and oxygen atoms in total. The summed E-state index contributed by atoms with van der Waals surface area (Å²) in [6, 6.07) is 11.9. The minimum absolute atomic E-state index is 0.160. The van der Waals surface area contributed by atoms with E-state index in [1.807, 2.05) is 0 Å². The van der Waals surface area contributed by atoms with Crippen LogP contribution in [-0.2, 0) is 16.1 Å². The van der Waals surface area contributed by atoms with Gasteiger partial charge in [0.2, 0.25) is 5.91 Å². The molecule has 3 aromatic rings. The molecule has 8 heteroatoms. The molecule has 140 valence electrons. The van der Waals surface area contributed by atoms with Crippen LogP contribution < -0.4 is 16.6 Å². The first-order valence-corrected chi connectivity index (χ1v) is 8.29. The minimum Gasteiger partial charge on any atom is -0.383 e. The van der Waals surface area contributed by atoms with Crippen LogP contribution in [0.15, 0.2) is 58.1 Å². The zero-order valence-electron chi connectivity index (χ0n) is 14.6. The van der Waals surface area contributed by atoms with Crippen LogP contribution in [0, 0.1) is 5.82 Å². The number of hydrogen-bond donors (Lipinski definition) is 1. The highest BCUT2D eigenvalue weighted by Gasteiger charge is 2.18. The molecule has 0 aliphatic heterocycles. The molecule has 3 rings (SSSR count). The number of aromatic nitrogens is 2. The highest BCUT2D eigenvalue weighted by molar-refractivity contribution is 5.81. The smallest absolute Gasteiger partial charge is 0.336 e. The van der Waals surface area contributed by atoms with Crippen molar-refractivity contribution in [2.45, 2.75) is 6.54 Å². The maximum absolute atomic E-state index is 14.2. The van der Waals surface area contributed by atoms with Crippen LogP contribution in [0.2, 0.25) is 0 Å². The first-order valence-electron chi connectivity index (χ1n) is 8.29. The molecule has 1 amide bonds. The molecule has 0 fully saturated rings. The molecule has 27 heavy (non-hydrogen) atoms. The van der Waals surface area contributed by atoms with Crippen LogP contribution >= 0.6 is 0 Å². The number of carbonyl (C=O) groups excluding carboxylic acids is 1. The molecule has 1 heterocycles. The van der Waals surface area contributed by atoms with Gasteiger partial charge in [-0.25, -0.2) is 13.8 Å².